The highest BCUT2D eigenvalue weighted by atomic mass is 79.9. The molecule has 4 nitrogen and oxygen atoms in total. The highest BCUT2D eigenvalue weighted by Crippen LogP contribution is 2.31. The number of amides is 1. The second kappa shape index (κ2) is 6.71. The molecule has 0 aliphatic carbocycles. The number of halogens is 2. The van der Waals surface area contributed by atoms with Gasteiger partial charge in [-0.15, -0.1) is 12.4 Å². The van der Waals surface area contributed by atoms with Gasteiger partial charge in [0.1, 0.15) is 5.69 Å². The van der Waals surface area contributed by atoms with Crippen molar-refractivity contribution in [2.75, 3.05) is 13.1 Å². The van der Waals surface area contributed by atoms with Crippen LogP contribution in [0, 0.1) is 0 Å². The first kappa shape index (κ1) is 16.8. The summed E-state index contributed by atoms with van der Waals surface area (Å²) in [6, 6.07) is 3.03. The summed E-state index contributed by atoms with van der Waals surface area (Å²) < 4.78 is 3.05. The van der Waals surface area contributed by atoms with Gasteiger partial charge in [-0.3, -0.25) is 4.79 Å². The molecule has 0 spiro atoms. The molecule has 21 heavy (non-hydrogen) atoms. The number of carbonyl (C=O) groups is 1. The average Bonchev–Trinajstić information content (AvgIpc) is 2.88. The van der Waals surface area contributed by atoms with Crippen LogP contribution >= 0.6 is 28.3 Å². The molecule has 2 atom stereocenters. The van der Waals surface area contributed by atoms with Gasteiger partial charge in [0.05, 0.1) is 0 Å². The fraction of sp³-hybridized carbons (Fsp3) is 0.667. The largest absolute Gasteiger partial charge is 0.340 e. The SMILES string of the molecule is CC(C)n1cc(Br)cc1C(=O)N1C2CCNCC1CC2.Cl. The van der Waals surface area contributed by atoms with Crippen molar-refractivity contribution in [3.8, 4) is 0 Å². The molecular weight excluding hydrogens is 354 g/mol. The number of hydrogen-bond donors (Lipinski definition) is 1. The van der Waals surface area contributed by atoms with Gasteiger partial charge in [-0.25, -0.2) is 0 Å². The summed E-state index contributed by atoms with van der Waals surface area (Å²) in [5.74, 6) is 0.195. The predicted molar refractivity (Wildman–Crippen MR) is 90.2 cm³/mol. The lowest BCUT2D eigenvalue weighted by Crippen LogP contribution is -2.43. The maximum Gasteiger partial charge on any atom is 0.271 e. The Hall–Kier alpha value is -0.520. The molecule has 3 heterocycles. The number of rotatable bonds is 2. The van der Waals surface area contributed by atoms with Crippen LogP contribution in [0.15, 0.2) is 16.7 Å². The van der Waals surface area contributed by atoms with E-state index in [0.717, 1.165) is 42.5 Å². The van der Waals surface area contributed by atoms with E-state index in [1.807, 2.05) is 12.3 Å². The van der Waals surface area contributed by atoms with E-state index < -0.39 is 0 Å². The van der Waals surface area contributed by atoms with Gasteiger partial charge in [0.2, 0.25) is 0 Å². The molecule has 118 valence electrons. The van der Waals surface area contributed by atoms with E-state index in [1.165, 1.54) is 0 Å². The minimum atomic E-state index is 0. The number of nitrogens with one attached hydrogen (secondary N) is 1. The van der Waals surface area contributed by atoms with Gasteiger partial charge >= 0.3 is 0 Å². The zero-order valence-corrected chi connectivity index (χ0v) is 14.9. The molecule has 0 aromatic carbocycles. The van der Waals surface area contributed by atoms with Crippen LogP contribution in [-0.2, 0) is 0 Å². The fourth-order valence-electron chi connectivity index (χ4n) is 3.49. The van der Waals surface area contributed by atoms with E-state index in [9.17, 15) is 4.79 Å². The zero-order chi connectivity index (χ0) is 14.3. The van der Waals surface area contributed by atoms with Crippen molar-refractivity contribution >= 4 is 34.2 Å². The lowest BCUT2D eigenvalue weighted by molar-refractivity contribution is 0.0667. The third-order valence-corrected chi connectivity index (χ3v) is 4.91. The third kappa shape index (κ3) is 3.15. The van der Waals surface area contributed by atoms with Gasteiger partial charge in [-0.2, -0.15) is 0 Å². The predicted octanol–water partition coefficient (Wildman–Crippen LogP) is 3.22. The Morgan fingerprint density at radius 2 is 2.05 bits per heavy atom. The molecule has 2 unspecified atom stereocenters. The first-order valence-corrected chi connectivity index (χ1v) is 8.28. The van der Waals surface area contributed by atoms with Crippen LogP contribution in [0.25, 0.3) is 0 Å². The average molecular weight is 377 g/mol. The Balaban J connectivity index is 0.00000161. The highest BCUT2D eigenvalue weighted by molar-refractivity contribution is 9.10. The van der Waals surface area contributed by atoms with E-state index in [1.54, 1.807) is 0 Å². The first-order valence-electron chi connectivity index (χ1n) is 7.48. The molecule has 1 N–H and O–H groups in total. The van der Waals surface area contributed by atoms with Gasteiger partial charge in [-0.05, 0) is 61.7 Å². The molecule has 2 fully saturated rings. The molecular formula is C15H23BrClN3O. The van der Waals surface area contributed by atoms with Gasteiger partial charge in [0.25, 0.3) is 5.91 Å². The van der Waals surface area contributed by atoms with Crippen LogP contribution < -0.4 is 5.32 Å². The number of nitrogens with zero attached hydrogens (tertiary/aromatic N) is 2. The van der Waals surface area contributed by atoms with Gasteiger partial charge in [0.15, 0.2) is 0 Å². The summed E-state index contributed by atoms with van der Waals surface area (Å²) >= 11 is 3.50. The van der Waals surface area contributed by atoms with E-state index in [-0.39, 0.29) is 18.3 Å². The molecule has 3 rings (SSSR count). The van der Waals surface area contributed by atoms with Crippen molar-refractivity contribution in [1.82, 2.24) is 14.8 Å². The number of carbonyl (C=O) groups excluding carboxylic acids is 1. The molecule has 2 saturated heterocycles. The molecule has 2 aliphatic rings. The second-order valence-corrected chi connectivity index (χ2v) is 7.05. The third-order valence-electron chi connectivity index (χ3n) is 4.48. The monoisotopic (exact) mass is 375 g/mol. The lowest BCUT2D eigenvalue weighted by atomic mass is 10.1. The van der Waals surface area contributed by atoms with Crippen molar-refractivity contribution in [3.05, 3.63) is 22.4 Å². The quantitative estimate of drug-likeness (QED) is 0.860. The maximum absolute atomic E-state index is 13.0. The van der Waals surface area contributed by atoms with Crippen LogP contribution in [0.2, 0.25) is 0 Å². The van der Waals surface area contributed by atoms with Crippen molar-refractivity contribution < 1.29 is 4.79 Å². The summed E-state index contributed by atoms with van der Waals surface area (Å²) in [6.07, 6.45) is 5.37. The summed E-state index contributed by atoms with van der Waals surface area (Å²) in [5.41, 5.74) is 0.811. The Labute approximate surface area is 140 Å². The van der Waals surface area contributed by atoms with Crippen LogP contribution in [0.3, 0.4) is 0 Å². The topological polar surface area (TPSA) is 37.3 Å². The van der Waals surface area contributed by atoms with Crippen LogP contribution in [0.5, 0.6) is 0 Å². The molecule has 0 saturated carbocycles. The molecule has 1 amide bonds. The Kier molecular flexibility index (Phi) is 5.38. The fourth-order valence-corrected chi connectivity index (χ4v) is 3.93. The Morgan fingerprint density at radius 1 is 1.33 bits per heavy atom. The van der Waals surface area contributed by atoms with E-state index in [2.05, 4.69) is 44.6 Å². The van der Waals surface area contributed by atoms with E-state index >= 15 is 0 Å². The molecule has 1 aromatic rings. The minimum Gasteiger partial charge on any atom is -0.340 e. The summed E-state index contributed by atoms with van der Waals surface area (Å²) in [4.78, 5) is 15.1. The summed E-state index contributed by atoms with van der Waals surface area (Å²) in [6.45, 7) is 6.19. The van der Waals surface area contributed by atoms with Crippen LogP contribution in [0.1, 0.15) is 49.6 Å². The van der Waals surface area contributed by atoms with Crippen LogP contribution in [-0.4, -0.2) is 40.5 Å². The summed E-state index contributed by atoms with van der Waals surface area (Å²) in [5, 5.41) is 3.45. The lowest BCUT2D eigenvalue weighted by Gasteiger charge is -2.28. The van der Waals surface area contributed by atoms with Crippen molar-refractivity contribution in [2.45, 2.75) is 51.2 Å². The standard InChI is InChI=1S/C15H22BrN3O.ClH/c1-10(2)18-9-11(16)7-14(18)15(20)19-12-3-4-13(19)8-17-6-5-12;/h7,9-10,12-13,17H,3-6,8H2,1-2H3;1H. The van der Waals surface area contributed by atoms with Crippen molar-refractivity contribution in [1.29, 1.82) is 0 Å². The maximum atomic E-state index is 13.0. The smallest absolute Gasteiger partial charge is 0.271 e. The van der Waals surface area contributed by atoms with E-state index in [0.29, 0.717) is 18.1 Å². The second-order valence-electron chi connectivity index (χ2n) is 6.13. The molecule has 0 radical (unpaired) electrons. The Bertz CT molecular complexity index is 503. The molecule has 6 heteroatoms. The van der Waals surface area contributed by atoms with Crippen molar-refractivity contribution in [3.63, 3.8) is 0 Å². The molecule has 2 aliphatic heterocycles. The molecule has 2 bridgehead atoms. The van der Waals surface area contributed by atoms with Crippen molar-refractivity contribution in [2.24, 2.45) is 0 Å². The normalized spacial score (nSPS) is 24.9. The minimum absolute atomic E-state index is 0. The number of fused-ring (bicyclic) bond motifs is 2. The number of hydrogen-bond acceptors (Lipinski definition) is 2. The molecule has 1 aromatic heterocycles. The first-order chi connectivity index (χ1) is 9.58. The Morgan fingerprint density at radius 3 is 2.76 bits per heavy atom. The number of aromatic nitrogens is 1. The van der Waals surface area contributed by atoms with Gasteiger partial charge < -0.3 is 14.8 Å². The summed E-state index contributed by atoms with van der Waals surface area (Å²) in [7, 11) is 0. The zero-order valence-electron chi connectivity index (χ0n) is 12.5. The van der Waals surface area contributed by atoms with Crippen LogP contribution in [0.4, 0.5) is 0 Å². The van der Waals surface area contributed by atoms with Gasteiger partial charge in [0, 0.05) is 35.3 Å². The van der Waals surface area contributed by atoms with E-state index in [4.69, 9.17) is 0 Å². The highest BCUT2D eigenvalue weighted by Gasteiger charge is 2.39. The van der Waals surface area contributed by atoms with Gasteiger partial charge in [-0.1, -0.05) is 0 Å².